The molecule has 1 aromatic rings. The zero-order chi connectivity index (χ0) is 13.4. The highest BCUT2D eigenvalue weighted by Crippen LogP contribution is 2.25. The molecule has 1 aliphatic carbocycles. The number of fused-ring (bicyclic) bond motifs is 1. The van der Waals surface area contributed by atoms with Gasteiger partial charge < -0.3 is 15.7 Å². The monoisotopic (exact) mass is 296 g/mol. The smallest absolute Gasteiger partial charge is 0.251 e. The molecule has 1 saturated heterocycles. The summed E-state index contributed by atoms with van der Waals surface area (Å²) in [6.07, 6.45) is 0.554. The van der Waals surface area contributed by atoms with Crippen LogP contribution in [0.3, 0.4) is 0 Å². The van der Waals surface area contributed by atoms with Crippen molar-refractivity contribution in [2.45, 2.75) is 25.0 Å². The van der Waals surface area contributed by atoms with E-state index in [9.17, 15) is 14.7 Å². The van der Waals surface area contributed by atoms with Crippen molar-refractivity contribution in [3.8, 4) is 0 Å². The Morgan fingerprint density at radius 2 is 2.10 bits per heavy atom. The standard InChI is InChI=1S/C14H16N2O3.ClH/c17-12-5-4-8-9(12)2-1-3-10(8)14(19)16-11-6-15-7-13(11)18;/h1-3,11,13,15,18H,4-7H2,(H,16,19);1H/t11-,13-;/m1./s1. The van der Waals surface area contributed by atoms with Crippen LogP contribution in [0.15, 0.2) is 18.2 Å². The predicted molar refractivity (Wildman–Crippen MR) is 76.5 cm³/mol. The van der Waals surface area contributed by atoms with Crippen molar-refractivity contribution < 1.29 is 14.7 Å². The molecule has 0 radical (unpaired) electrons. The molecule has 6 heteroatoms. The van der Waals surface area contributed by atoms with Gasteiger partial charge in [0, 0.05) is 30.6 Å². The lowest BCUT2D eigenvalue weighted by molar-refractivity contribution is 0.0887. The van der Waals surface area contributed by atoms with E-state index < -0.39 is 6.10 Å². The molecule has 1 amide bonds. The van der Waals surface area contributed by atoms with Crippen molar-refractivity contribution >= 4 is 24.1 Å². The lowest BCUT2D eigenvalue weighted by atomic mass is 10.0. The molecule has 108 valence electrons. The first-order valence-corrected chi connectivity index (χ1v) is 6.51. The van der Waals surface area contributed by atoms with Crippen molar-refractivity contribution in [1.82, 2.24) is 10.6 Å². The fourth-order valence-electron chi connectivity index (χ4n) is 2.76. The topological polar surface area (TPSA) is 78.4 Å². The summed E-state index contributed by atoms with van der Waals surface area (Å²) in [6, 6.07) is 4.98. The number of carbonyl (C=O) groups excluding carboxylic acids is 2. The molecule has 1 heterocycles. The molecule has 3 rings (SSSR count). The second kappa shape index (κ2) is 5.91. The quantitative estimate of drug-likeness (QED) is 0.733. The molecule has 0 saturated carbocycles. The van der Waals surface area contributed by atoms with Crippen LogP contribution >= 0.6 is 12.4 Å². The van der Waals surface area contributed by atoms with Gasteiger partial charge in [-0.15, -0.1) is 12.4 Å². The minimum atomic E-state index is -0.553. The number of hydrogen-bond donors (Lipinski definition) is 3. The van der Waals surface area contributed by atoms with Crippen LogP contribution in [0.25, 0.3) is 0 Å². The van der Waals surface area contributed by atoms with Crippen LogP contribution in [0.5, 0.6) is 0 Å². The molecule has 1 aliphatic heterocycles. The molecule has 0 bridgehead atoms. The summed E-state index contributed by atoms with van der Waals surface area (Å²) in [5, 5.41) is 15.5. The molecule has 0 spiro atoms. The number of Topliss-reactive ketones (excluding diaryl/α,β-unsaturated/α-hetero) is 1. The first-order chi connectivity index (χ1) is 9.16. The third-order valence-corrected chi connectivity index (χ3v) is 3.82. The summed E-state index contributed by atoms with van der Waals surface area (Å²) in [4.78, 5) is 23.9. The SMILES string of the molecule is Cl.O=C1CCc2c1cccc2C(=O)N[C@@H]1CNC[C@H]1O. The Labute approximate surface area is 123 Å². The van der Waals surface area contributed by atoms with Crippen LogP contribution in [-0.2, 0) is 6.42 Å². The second-order valence-corrected chi connectivity index (χ2v) is 5.06. The zero-order valence-corrected chi connectivity index (χ0v) is 11.7. The van der Waals surface area contributed by atoms with Crippen molar-refractivity contribution in [1.29, 1.82) is 0 Å². The fourth-order valence-corrected chi connectivity index (χ4v) is 2.76. The molecule has 20 heavy (non-hydrogen) atoms. The summed E-state index contributed by atoms with van der Waals surface area (Å²) in [7, 11) is 0. The Hall–Kier alpha value is -1.43. The van der Waals surface area contributed by atoms with E-state index in [2.05, 4.69) is 10.6 Å². The third kappa shape index (κ3) is 2.57. The van der Waals surface area contributed by atoms with E-state index in [0.717, 1.165) is 5.56 Å². The largest absolute Gasteiger partial charge is 0.390 e. The maximum atomic E-state index is 12.3. The summed E-state index contributed by atoms with van der Waals surface area (Å²) in [6.45, 7) is 1.07. The van der Waals surface area contributed by atoms with Gasteiger partial charge in [-0.25, -0.2) is 0 Å². The molecule has 2 aliphatic rings. The molecule has 1 fully saturated rings. The van der Waals surface area contributed by atoms with E-state index in [0.29, 0.717) is 37.1 Å². The van der Waals surface area contributed by atoms with E-state index in [1.54, 1.807) is 18.2 Å². The second-order valence-electron chi connectivity index (χ2n) is 5.06. The summed E-state index contributed by atoms with van der Waals surface area (Å²) in [5.74, 6) is -0.105. The number of halogens is 1. The van der Waals surface area contributed by atoms with Gasteiger partial charge in [-0.1, -0.05) is 12.1 Å². The lowest BCUT2D eigenvalue weighted by Crippen LogP contribution is -2.43. The molecule has 0 aromatic heterocycles. The van der Waals surface area contributed by atoms with Gasteiger partial charge in [0.2, 0.25) is 0 Å². The Balaban J connectivity index is 0.00000147. The van der Waals surface area contributed by atoms with Crippen LogP contribution in [0, 0.1) is 0 Å². The number of ketones is 1. The van der Waals surface area contributed by atoms with Gasteiger partial charge >= 0.3 is 0 Å². The maximum absolute atomic E-state index is 12.3. The van der Waals surface area contributed by atoms with E-state index >= 15 is 0 Å². The zero-order valence-electron chi connectivity index (χ0n) is 10.9. The van der Waals surface area contributed by atoms with Crippen molar-refractivity contribution in [3.63, 3.8) is 0 Å². The number of amides is 1. The summed E-state index contributed by atoms with van der Waals surface area (Å²) >= 11 is 0. The van der Waals surface area contributed by atoms with E-state index in [1.807, 2.05) is 0 Å². The van der Waals surface area contributed by atoms with Gasteiger partial charge in [0.15, 0.2) is 5.78 Å². The molecular weight excluding hydrogens is 280 g/mol. The Kier molecular flexibility index (Phi) is 4.42. The number of carbonyl (C=O) groups is 2. The predicted octanol–water partition coefficient (Wildman–Crippen LogP) is 0.300. The van der Waals surface area contributed by atoms with Crippen LogP contribution in [0.1, 0.15) is 32.7 Å². The number of nitrogens with one attached hydrogen (secondary N) is 2. The number of benzene rings is 1. The normalized spacial score (nSPS) is 24.1. The fraction of sp³-hybridized carbons (Fsp3) is 0.429. The number of β-amino-alcohol motifs (C(OH)–C–C–N with tert-alkyl or cyclic N) is 1. The number of rotatable bonds is 2. The highest BCUT2D eigenvalue weighted by Gasteiger charge is 2.29. The average molecular weight is 297 g/mol. The Bertz CT molecular complexity index is 547. The van der Waals surface area contributed by atoms with Crippen LogP contribution < -0.4 is 10.6 Å². The van der Waals surface area contributed by atoms with E-state index in [-0.39, 0.29) is 30.1 Å². The number of aliphatic hydroxyl groups is 1. The van der Waals surface area contributed by atoms with Crippen LogP contribution in [0.2, 0.25) is 0 Å². The Morgan fingerprint density at radius 1 is 1.30 bits per heavy atom. The first-order valence-electron chi connectivity index (χ1n) is 6.51. The van der Waals surface area contributed by atoms with Crippen molar-refractivity contribution in [2.24, 2.45) is 0 Å². The number of aliphatic hydroxyl groups excluding tert-OH is 1. The minimum Gasteiger partial charge on any atom is -0.390 e. The van der Waals surface area contributed by atoms with E-state index in [1.165, 1.54) is 0 Å². The van der Waals surface area contributed by atoms with Gasteiger partial charge in [-0.05, 0) is 18.1 Å². The highest BCUT2D eigenvalue weighted by atomic mass is 35.5. The minimum absolute atomic E-state index is 0. The van der Waals surface area contributed by atoms with Gasteiger partial charge in [-0.2, -0.15) is 0 Å². The van der Waals surface area contributed by atoms with Crippen molar-refractivity contribution in [2.75, 3.05) is 13.1 Å². The van der Waals surface area contributed by atoms with Crippen LogP contribution in [-0.4, -0.2) is 42.0 Å². The summed E-state index contributed by atoms with van der Waals surface area (Å²) in [5.41, 5.74) is 2.06. The van der Waals surface area contributed by atoms with Gasteiger partial charge in [0.25, 0.3) is 5.91 Å². The molecule has 1 aromatic carbocycles. The Morgan fingerprint density at radius 3 is 2.80 bits per heavy atom. The van der Waals surface area contributed by atoms with Crippen LogP contribution in [0.4, 0.5) is 0 Å². The first kappa shape index (κ1) is 15.0. The molecule has 3 N–H and O–H groups in total. The third-order valence-electron chi connectivity index (χ3n) is 3.82. The van der Waals surface area contributed by atoms with Gasteiger partial charge in [0.1, 0.15) is 0 Å². The molecule has 5 nitrogen and oxygen atoms in total. The molecule has 2 atom stereocenters. The van der Waals surface area contributed by atoms with Gasteiger partial charge in [-0.3, -0.25) is 9.59 Å². The lowest BCUT2D eigenvalue weighted by Gasteiger charge is -2.16. The molecular formula is C14H17ClN2O3. The number of hydrogen-bond acceptors (Lipinski definition) is 4. The summed E-state index contributed by atoms with van der Waals surface area (Å²) < 4.78 is 0. The molecule has 0 unspecified atom stereocenters. The van der Waals surface area contributed by atoms with E-state index in [4.69, 9.17) is 0 Å². The van der Waals surface area contributed by atoms with Gasteiger partial charge in [0.05, 0.1) is 12.1 Å². The van der Waals surface area contributed by atoms with Crippen molar-refractivity contribution in [3.05, 3.63) is 34.9 Å². The average Bonchev–Trinajstić information content (AvgIpc) is 2.97. The highest BCUT2D eigenvalue weighted by molar-refractivity contribution is 6.05. The maximum Gasteiger partial charge on any atom is 0.251 e.